The fraction of sp³-hybridized carbons (Fsp3) is 0.429. The Hall–Kier alpha value is -2.92. The average molecular weight is 498 g/mol. The van der Waals surface area contributed by atoms with E-state index >= 15 is 0 Å². The Morgan fingerprint density at radius 2 is 1.91 bits per heavy atom. The van der Waals surface area contributed by atoms with Crippen molar-refractivity contribution in [2.45, 2.75) is 43.8 Å². The molecule has 4 N–H and O–H groups in total. The summed E-state index contributed by atoms with van der Waals surface area (Å²) in [5.41, 5.74) is -0.182. The van der Waals surface area contributed by atoms with Gasteiger partial charge in [-0.3, -0.25) is 14.5 Å². The Labute approximate surface area is 199 Å². The van der Waals surface area contributed by atoms with E-state index in [1.165, 1.54) is 36.0 Å². The van der Waals surface area contributed by atoms with E-state index in [0.29, 0.717) is 16.9 Å². The smallest absolute Gasteiger partial charge is 0.408 e. The summed E-state index contributed by atoms with van der Waals surface area (Å²) < 4.78 is 5.24. The molecule has 0 aliphatic carbocycles. The molecule has 33 heavy (non-hydrogen) atoms. The van der Waals surface area contributed by atoms with E-state index in [9.17, 15) is 29.4 Å². The number of hydrogen-bond acceptors (Lipinski definition) is 7. The van der Waals surface area contributed by atoms with E-state index in [4.69, 9.17) is 16.3 Å². The minimum atomic E-state index is -1.26. The van der Waals surface area contributed by atoms with E-state index in [-0.39, 0.29) is 17.3 Å². The van der Waals surface area contributed by atoms with Crippen LogP contribution in [0.2, 0.25) is 0 Å². The normalized spacial score (nSPS) is 21.0. The molecule has 3 atom stereocenters. The number of β-lactam (4-membered cyclic amide) rings is 1. The number of nitrogens with one attached hydrogen (secondary N) is 2. The highest BCUT2D eigenvalue weighted by Gasteiger charge is 2.54. The quantitative estimate of drug-likeness (QED) is 0.344. The van der Waals surface area contributed by atoms with Gasteiger partial charge in [-0.25, -0.2) is 9.59 Å². The first kappa shape index (κ1) is 24.7. The number of amides is 3. The number of alkyl halides is 1. The number of aromatic hydroxyl groups is 1. The van der Waals surface area contributed by atoms with Gasteiger partial charge in [0.2, 0.25) is 5.91 Å². The van der Waals surface area contributed by atoms with Crippen LogP contribution in [0.15, 0.2) is 35.5 Å². The third-order valence-electron chi connectivity index (χ3n) is 4.86. The predicted molar refractivity (Wildman–Crippen MR) is 121 cm³/mol. The molecule has 12 heteroatoms. The number of phenolic OH excluding ortho intramolecular Hbond substituents is 1. The lowest BCUT2D eigenvalue weighted by atomic mass is 10.0. The van der Waals surface area contributed by atoms with Gasteiger partial charge in [-0.2, -0.15) is 0 Å². The maximum atomic E-state index is 13.1. The number of phenols is 1. The highest BCUT2D eigenvalue weighted by atomic mass is 35.5. The van der Waals surface area contributed by atoms with Gasteiger partial charge in [0.15, 0.2) is 0 Å². The van der Waals surface area contributed by atoms with Gasteiger partial charge < -0.3 is 25.6 Å². The third kappa shape index (κ3) is 5.36. The molecule has 2 aliphatic rings. The van der Waals surface area contributed by atoms with Crippen molar-refractivity contribution in [2.75, 3.05) is 11.6 Å². The van der Waals surface area contributed by atoms with E-state index in [2.05, 4.69) is 10.6 Å². The minimum absolute atomic E-state index is 0.0229. The number of ether oxygens (including phenoxy) is 1. The maximum Gasteiger partial charge on any atom is 0.408 e. The van der Waals surface area contributed by atoms with Crippen molar-refractivity contribution >= 4 is 47.2 Å². The van der Waals surface area contributed by atoms with Gasteiger partial charge in [0, 0.05) is 11.6 Å². The van der Waals surface area contributed by atoms with Crippen molar-refractivity contribution in [1.82, 2.24) is 15.5 Å². The monoisotopic (exact) mass is 497 g/mol. The number of fused-ring (bicyclic) bond motifs is 1. The van der Waals surface area contributed by atoms with Gasteiger partial charge in [0.1, 0.15) is 34.5 Å². The summed E-state index contributed by atoms with van der Waals surface area (Å²) in [7, 11) is 0. The summed E-state index contributed by atoms with van der Waals surface area (Å²) in [4.78, 5) is 51.0. The van der Waals surface area contributed by atoms with Crippen LogP contribution < -0.4 is 10.6 Å². The molecule has 2 heterocycles. The van der Waals surface area contributed by atoms with Crippen LogP contribution in [0.4, 0.5) is 4.79 Å². The summed E-state index contributed by atoms with van der Waals surface area (Å²) in [6.07, 6.45) is -0.841. The highest BCUT2D eigenvalue weighted by molar-refractivity contribution is 8.00. The van der Waals surface area contributed by atoms with E-state index in [1.54, 1.807) is 20.8 Å². The number of aliphatic carboxylic acids is 1. The topological polar surface area (TPSA) is 145 Å². The second-order valence-corrected chi connectivity index (χ2v) is 9.83. The number of carbonyl (C=O) groups excluding carboxylic acids is 3. The number of halogens is 1. The van der Waals surface area contributed by atoms with Crippen LogP contribution in [-0.2, 0) is 19.1 Å². The fourth-order valence-electron chi connectivity index (χ4n) is 3.42. The first-order chi connectivity index (χ1) is 15.4. The summed E-state index contributed by atoms with van der Waals surface area (Å²) in [5, 5.41) is 23.5. The zero-order chi connectivity index (χ0) is 24.5. The lowest BCUT2D eigenvalue weighted by molar-refractivity contribution is -0.151. The molecular formula is C21H24ClN3O7S. The van der Waals surface area contributed by atoms with Gasteiger partial charge in [0.25, 0.3) is 5.91 Å². The summed E-state index contributed by atoms with van der Waals surface area (Å²) in [5.74, 6) is -2.27. The SMILES string of the molecule is CC(C)(C)OC(=O)NC(C(=O)NC1C(=O)N2C(C(=O)O)=C(CCl)CS[C@H]12)c1ccc(O)cc1. The number of nitrogens with zero attached hydrogens (tertiary/aromatic N) is 1. The molecule has 0 bridgehead atoms. The van der Waals surface area contributed by atoms with Crippen molar-refractivity contribution in [2.24, 2.45) is 0 Å². The zero-order valence-electron chi connectivity index (χ0n) is 18.1. The average Bonchev–Trinajstić information content (AvgIpc) is 2.73. The summed E-state index contributed by atoms with van der Waals surface area (Å²) >= 11 is 7.12. The van der Waals surface area contributed by atoms with Crippen molar-refractivity contribution in [3.05, 3.63) is 41.1 Å². The molecule has 0 radical (unpaired) electrons. The minimum Gasteiger partial charge on any atom is -0.508 e. The number of carbonyl (C=O) groups is 4. The molecule has 1 saturated heterocycles. The Balaban J connectivity index is 1.79. The number of rotatable bonds is 6. The molecule has 3 amide bonds. The van der Waals surface area contributed by atoms with Crippen LogP contribution in [0.5, 0.6) is 5.75 Å². The molecule has 1 aromatic rings. The van der Waals surface area contributed by atoms with Gasteiger partial charge in [-0.05, 0) is 44.0 Å². The predicted octanol–water partition coefficient (Wildman–Crippen LogP) is 1.94. The van der Waals surface area contributed by atoms with Crippen molar-refractivity contribution < 1.29 is 34.1 Å². The first-order valence-corrected chi connectivity index (χ1v) is 11.6. The number of benzene rings is 1. The third-order valence-corrected chi connectivity index (χ3v) is 6.52. The van der Waals surface area contributed by atoms with E-state index < -0.39 is 46.9 Å². The molecule has 2 unspecified atom stereocenters. The van der Waals surface area contributed by atoms with Crippen LogP contribution in [0, 0.1) is 0 Å². The van der Waals surface area contributed by atoms with E-state index in [1.807, 2.05) is 0 Å². The standard InChI is InChI=1S/C21H24ClN3O7S/c1-21(2,3)32-20(31)24-13(10-4-6-12(26)7-5-10)16(27)23-14-17(28)25-15(19(29)30)11(8-22)9-33-18(14)25/h4-7,13-14,18,26H,8-9H2,1-3H3,(H,23,27)(H,24,31)(H,29,30)/t13?,14?,18-/m1/s1. The molecule has 0 spiro atoms. The first-order valence-electron chi connectivity index (χ1n) is 9.97. The van der Waals surface area contributed by atoms with Crippen molar-refractivity contribution in [3.63, 3.8) is 0 Å². The second-order valence-electron chi connectivity index (χ2n) is 8.46. The molecule has 10 nitrogen and oxygen atoms in total. The summed E-state index contributed by atoms with van der Waals surface area (Å²) in [6, 6.07) is 3.44. The molecule has 0 aromatic heterocycles. The molecule has 2 aliphatic heterocycles. The Morgan fingerprint density at radius 1 is 1.27 bits per heavy atom. The maximum absolute atomic E-state index is 13.1. The number of thioether (sulfide) groups is 1. The lowest BCUT2D eigenvalue weighted by Gasteiger charge is -2.49. The van der Waals surface area contributed by atoms with Gasteiger partial charge in [-0.15, -0.1) is 23.4 Å². The molecule has 3 rings (SSSR count). The number of alkyl carbamates (subject to hydrolysis) is 1. The molecule has 178 valence electrons. The van der Waals surface area contributed by atoms with Crippen LogP contribution in [0.25, 0.3) is 0 Å². The van der Waals surface area contributed by atoms with Crippen LogP contribution in [0.3, 0.4) is 0 Å². The largest absolute Gasteiger partial charge is 0.508 e. The van der Waals surface area contributed by atoms with Crippen LogP contribution in [-0.4, -0.2) is 67.6 Å². The number of carboxylic acids is 1. The Bertz CT molecular complexity index is 1010. The lowest BCUT2D eigenvalue weighted by Crippen LogP contribution is -2.71. The number of hydrogen-bond donors (Lipinski definition) is 4. The van der Waals surface area contributed by atoms with Crippen molar-refractivity contribution in [1.29, 1.82) is 0 Å². The summed E-state index contributed by atoms with van der Waals surface area (Å²) in [6.45, 7) is 5.02. The fourth-order valence-corrected chi connectivity index (χ4v) is 5.09. The zero-order valence-corrected chi connectivity index (χ0v) is 19.7. The van der Waals surface area contributed by atoms with Crippen LogP contribution in [0.1, 0.15) is 32.4 Å². The van der Waals surface area contributed by atoms with Gasteiger partial charge >= 0.3 is 12.1 Å². The second kappa shape index (κ2) is 9.52. The molecule has 0 saturated carbocycles. The Kier molecular flexibility index (Phi) is 7.13. The molecule has 1 aromatic carbocycles. The van der Waals surface area contributed by atoms with Crippen LogP contribution >= 0.6 is 23.4 Å². The molecule has 1 fully saturated rings. The van der Waals surface area contributed by atoms with E-state index in [0.717, 1.165) is 4.90 Å². The van der Waals surface area contributed by atoms with Gasteiger partial charge in [-0.1, -0.05) is 12.1 Å². The highest BCUT2D eigenvalue weighted by Crippen LogP contribution is 2.40. The Morgan fingerprint density at radius 3 is 2.45 bits per heavy atom. The molecular weight excluding hydrogens is 474 g/mol. The van der Waals surface area contributed by atoms with Crippen molar-refractivity contribution in [3.8, 4) is 5.75 Å². The van der Waals surface area contributed by atoms with Gasteiger partial charge in [0.05, 0.1) is 0 Å². The number of carboxylic acid groups (broad SMARTS) is 1.